The van der Waals surface area contributed by atoms with E-state index < -0.39 is 0 Å². The molecule has 4 nitrogen and oxygen atoms in total. The van der Waals surface area contributed by atoms with Gasteiger partial charge in [0.25, 0.3) is 5.91 Å². The number of hydrogen-bond acceptors (Lipinski definition) is 2. The number of halogens is 2. The van der Waals surface area contributed by atoms with Crippen molar-refractivity contribution >= 4 is 28.5 Å². The monoisotopic (exact) mass is 373 g/mol. The minimum Gasteiger partial charge on any atom is -0.352 e. The van der Waals surface area contributed by atoms with E-state index in [1.165, 1.54) is 18.2 Å². The summed E-state index contributed by atoms with van der Waals surface area (Å²) >= 11 is 1.95. The lowest BCUT2D eigenvalue weighted by atomic mass is 10.2. The third-order valence-electron chi connectivity index (χ3n) is 2.76. The lowest BCUT2D eigenvalue weighted by Gasteiger charge is -2.07. The predicted molar refractivity (Wildman–Crippen MR) is 78.4 cm³/mol. The van der Waals surface area contributed by atoms with Gasteiger partial charge in [-0.15, -0.1) is 0 Å². The summed E-state index contributed by atoms with van der Waals surface area (Å²) in [7, 11) is 1.86. The first-order valence-electron chi connectivity index (χ1n) is 5.78. The summed E-state index contributed by atoms with van der Waals surface area (Å²) < 4.78 is 15.3. The average molecular weight is 373 g/mol. The number of hydrogen-bond donors (Lipinski definition) is 1. The SMILES string of the molecule is Cn1nccc1CCNC(=O)c1ccc(F)cc1I. The molecule has 0 atom stereocenters. The second kappa shape index (κ2) is 6.14. The van der Waals surface area contributed by atoms with Crippen molar-refractivity contribution in [1.29, 1.82) is 0 Å². The van der Waals surface area contributed by atoms with E-state index >= 15 is 0 Å². The maximum atomic E-state index is 12.9. The van der Waals surface area contributed by atoms with Crippen LogP contribution in [0.1, 0.15) is 16.1 Å². The van der Waals surface area contributed by atoms with Gasteiger partial charge in [0.15, 0.2) is 0 Å². The molecule has 0 unspecified atom stereocenters. The topological polar surface area (TPSA) is 46.9 Å². The van der Waals surface area contributed by atoms with Crippen LogP contribution >= 0.6 is 22.6 Å². The number of nitrogens with one attached hydrogen (secondary N) is 1. The molecular weight excluding hydrogens is 360 g/mol. The van der Waals surface area contributed by atoms with Crippen LogP contribution < -0.4 is 5.32 Å². The van der Waals surface area contributed by atoms with E-state index in [9.17, 15) is 9.18 Å². The molecule has 2 aromatic rings. The van der Waals surface area contributed by atoms with E-state index in [2.05, 4.69) is 10.4 Å². The largest absolute Gasteiger partial charge is 0.352 e. The summed E-state index contributed by atoms with van der Waals surface area (Å²) in [5.41, 5.74) is 1.54. The minimum absolute atomic E-state index is 0.188. The first-order valence-corrected chi connectivity index (χ1v) is 6.86. The van der Waals surface area contributed by atoms with Crippen LogP contribution in [0.5, 0.6) is 0 Å². The number of aromatic nitrogens is 2. The summed E-state index contributed by atoms with van der Waals surface area (Å²) in [4.78, 5) is 11.9. The third kappa shape index (κ3) is 3.52. The number of carbonyl (C=O) groups is 1. The standard InChI is InChI=1S/C13H13FIN3O/c1-18-10(5-7-17-18)4-6-16-13(19)11-3-2-9(14)8-12(11)15/h2-3,5,7-8H,4,6H2,1H3,(H,16,19). The second-order valence-electron chi connectivity index (χ2n) is 4.08. The zero-order chi connectivity index (χ0) is 13.8. The molecule has 0 aliphatic rings. The van der Waals surface area contributed by atoms with Crippen molar-refractivity contribution in [2.24, 2.45) is 7.05 Å². The van der Waals surface area contributed by atoms with Gasteiger partial charge in [-0.05, 0) is 46.9 Å². The molecule has 19 heavy (non-hydrogen) atoms. The molecule has 6 heteroatoms. The highest BCUT2D eigenvalue weighted by atomic mass is 127. The van der Waals surface area contributed by atoms with Crippen molar-refractivity contribution in [3.63, 3.8) is 0 Å². The quantitative estimate of drug-likeness (QED) is 0.835. The van der Waals surface area contributed by atoms with Gasteiger partial charge in [-0.25, -0.2) is 4.39 Å². The molecule has 100 valence electrons. The molecule has 1 aromatic carbocycles. The lowest BCUT2D eigenvalue weighted by Crippen LogP contribution is -2.27. The Bertz CT molecular complexity index is 597. The molecule has 0 radical (unpaired) electrons. The van der Waals surface area contributed by atoms with E-state index in [0.717, 1.165) is 5.69 Å². The normalized spacial score (nSPS) is 10.5. The highest BCUT2D eigenvalue weighted by molar-refractivity contribution is 14.1. The molecule has 0 bridgehead atoms. The Morgan fingerprint density at radius 3 is 2.89 bits per heavy atom. The fraction of sp³-hybridized carbons (Fsp3) is 0.231. The van der Waals surface area contributed by atoms with Crippen molar-refractivity contribution in [3.8, 4) is 0 Å². The molecule has 1 N–H and O–H groups in total. The number of carbonyl (C=O) groups excluding carboxylic acids is 1. The van der Waals surface area contributed by atoms with Crippen molar-refractivity contribution in [2.45, 2.75) is 6.42 Å². The number of nitrogens with zero attached hydrogens (tertiary/aromatic N) is 2. The van der Waals surface area contributed by atoms with Crippen LogP contribution in [-0.4, -0.2) is 22.2 Å². The van der Waals surface area contributed by atoms with E-state index in [1.54, 1.807) is 10.9 Å². The smallest absolute Gasteiger partial charge is 0.252 e. The second-order valence-corrected chi connectivity index (χ2v) is 5.24. The maximum Gasteiger partial charge on any atom is 0.252 e. The fourth-order valence-corrected chi connectivity index (χ4v) is 2.44. The zero-order valence-electron chi connectivity index (χ0n) is 10.4. The fourth-order valence-electron chi connectivity index (χ4n) is 1.72. The average Bonchev–Trinajstić information content (AvgIpc) is 2.75. The van der Waals surface area contributed by atoms with Gasteiger partial charge in [-0.2, -0.15) is 5.10 Å². The number of amides is 1. The minimum atomic E-state index is -0.337. The van der Waals surface area contributed by atoms with Gasteiger partial charge < -0.3 is 5.32 Å². The maximum absolute atomic E-state index is 12.9. The molecule has 0 aliphatic heterocycles. The Kier molecular flexibility index (Phi) is 4.52. The van der Waals surface area contributed by atoms with Crippen LogP contribution in [0, 0.1) is 9.39 Å². The van der Waals surface area contributed by atoms with Gasteiger partial charge in [-0.3, -0.25) is 9.48 Å². The van der Waals surface area contributed by atoms with Crippen molar-refractivity contribution < 1.29 is 9.18 Å². The lowest BCUT2D eigenvalue weighted by molar-refractivity contribution is 0.0953. The zero-order valence-corrected chi connectivity index (χ0v) is 12.5. The molecule has 0 spiro atoms. The van der Waals surface area contributed by atoms with Crippen LogP contribution in [-0.2, 0) is 13.5 Å². The van der Waals surface area contributed by atoms with E-state index in [1.807, 2.05) is 35.7 Å². The molecule has 0 saturated heterocycles. The van der Waals surface area contributed by atoms with Crippen molar-refractivity contribution in [3.05, 3.63) is 51.1 Å². The van der Waals surface area contributed by atoms with Gasteiger partial charge >= 0.3 is 0 Å². The van der Waals surface area contributed by atoms with Gasteiger partial charge in [0, 0.05) is 35.5 Å². The van der Waals surface area contributed by atoms with Gasteiger partial charge in [0.05, 0.1) is 5.56 Å². The van der Waals surface area contributed by atoms with Gasteiger partial charge in [-0.1, -0.05) is 0 Å². The molecule has 1 aromatic heterocycles. The molecule has 2 rings (SSSR count). The van der Waals surface area contributed by atoms with Crippen LogP contribution in [0.15, 0.2) is 30.5 Å². The third-order valence-corrected chi connectivity index (χ3v) is 3.66. The number of rotatable bonds is 4. The van der Waals surface area contributed by atoms with Crippen LogP contribution in [0.25, 0.3) is 0 Å². The Morgan fingerprint density at radius 1 is 1.47 bits per heavy atom. The predicted octanol–water partition coefficient (Wildman–Crippen LogP) is 2.14. The molecule has 1 heterocycles. The summed E-state index contributed by atoms with van der Waals surface area (Å²) in [6, 6.07) is 6.04. The Morgan fingerprint density at radius 2 is 2.26 bits per heavy atom. The van der Waals surface area contributed by atoms with E-state index in [0.29, 0.717) is 22.1 Å². The van der Waals surface area contributed by atoms with Crippen LogP contribution in [0.3, 0.4) is 0 Å². The Balaban J connectivity index is 1.93. The molecular formula is C13H13FIN3O. The molecule has 0 aliphatic carbocycles. The highest BCUT2D eigenvalue weighted by Gasteiger charge is 2.10. The van der Waals surface area contributed by atoms with Crippen molar-refractivity contribution in [1.82, 2.24) is 15.1 Å². The number of aryl methyl sites for hydroxylation is 1. The van der Waals surface area contributed by atoms with Gasteiger partial charge in [0.1, 0.15) is 5.82 Å². The van der Waals surface area contributed by atoms with Crippen LogP contribution in [0.2, 0.25) is 0 Å². The molecule has 1 amide bonds. The number of benzene rings is 1. The van der Waals surface area contributed by atoms with Gasteiger partial charge in [0.2, 0.25) is 0 Å². The summed E-state index contributed by atoms with van der Waals surface area (Å²) in [5, 5.41) is 6.87. The Hall–Kier alpha value is -1.44. The highest BCUT2D eigenvalue weighted by Crippen LogP contribution is 2.13. The summed E-state index contributed by atoms with van der Waals surface area (Å²) in [5.74, 6) is -0.526. The summed E-state index contributed by atoms with van der Waals surface area (Å²) in [6.07, 6.45) is 2.43. The summed E-state index contributed by atoms with van der Waals surface area (Å²) in [6.45, 7) is 0.520. The van der Waals surface area contributed by atoms with E-state index in [4.69, 9.17) is 0 Å². The molecule has 0 fully saturated rings. The first kappa shape index (κ1) is 14.0. The van der Waals surface area contributed by atoms with Crippen LogP contribution in [0.4, 0.5) is 4.39 Å². The van der Waals surface area contributed by atoms with E-state index in [-0.39, 0.29) is 11.7 Å². The first-order chi connectivity index (χ1) is 9.08. The van der Waals surface area contributed by atoms with Crippen molar-refractivity contribution in [2.75, 3.05) is 6.54 Å². The molecule has 0 saturated carbocycles. The Labute approximate surface area is 124 Å².